The molecule has 0 aromatic heterocycles. The second-order valence-electron chi connectivity index (χ2n) is 4.60. The molecule has 5 nitrogen and oxygen atoms in total. The Morgan fingerprint density at radius 2 is 2.00 bits per heavy atom. The molecule has 110 valence electrons. The zero-order valence-electron chi connectivity index (χ0n) is 11.7. The molecule has 0 fully saturated rings. The van der Waals surface area contributed by atoms with Crippen LogP contribution in [-0.4, -0.2) is 24.7 Å². The first-order chi connectivity index (χ1) is 10.1. The van der Waals surface area contributed by atoms with Crippen LogP contribution in [0.4, 0.5) is 5.69 Å². The van der Waals surface area contributed by atoms with Crippen molar-refractivity contribution in [3.8, 4) is 5.75 Å². The highest BCUT2D eigenvalue weighted by Crippen LogP contribution is 2.21. The van der Waals surface area contributed by atoms with Gasteiger partial charge in [0.1, 0.15) is 5.75 Å². The third-order valence-electron chi connectivity index (χ3n) is 3.11. The lowest BCUT2D eigenvalue weighted by Gasteiger charge is -2.14. The minimum atomic E-state index is -0.762. The van der Waals surface area contributed by atoms with Gasteiger partial charge in [0.15, 0.2) is 0 Å². The molecule has 2 aromatic rings. The summed E-state index contributed by atoms with van der Waals surface area (Å²) in [4.78, 5) is 12.2. The van der Waals surface area contributed by atoms with E-state index < -0.39 is 6.10 Å². The minimum absolute atomic E-state index is 0.112. The Hall–Kier alpha value is -2.53. The number of anilines is 1. The van der Waals surface area contributed by atoms with Crippen molar-refractivity contribution in [3.63, 3.8) is 0 Å². The Morgan fingerprint density at radius 1 is 1.29 bits per heavy atom. The van der Waals surface area contributed by atoms with Gasteiger partial charge in [0.2, 0.25) is 0 Å². The van der Waals surface area contributed by atoms with E-state index in [0.29, 0.717) is 17.0 Å². The number of amides is 1. The molecule has 2 aromatic carbocycles. The maximum atomic E-state index is 12.2. The molecule has 1 amide bonds. The molecule has 0 bridgehead atoms. The Bertz CT molecular complexity index is 614. The minimum Gasteiger partial charge on any atom is -0.496 e. The SMILES string of the molecule is COc1ccc(N)cc1C(=O)NCC(O)c1ccccc1. The second kappa shape index (κ2) is 6.76. The van der Waals surface area contributed by atoms with Gasteiger partial charge in [-0.25, -0.2) is 0 Å². The predicted molar refractivity (Wildman–Crippen MR) is 81.1 cm³/mol. The number of nitrogen functional groups attached to an aromatic ring is 1. The maximum absolute atomic E-state index is 12.2. The molecular formula is C16H18N2O3. The summed E-state index contributed by atoms with van der Waals surface area (Å²) in [5, 5.41) is 12.7. The van der Waals surface area contributed by atoms with Crippen molar-refractivity contribution >= 4 is 11.6 Å². The zero-order chi connectivity index (χ0) is 15.2. The van der Waals surface area contributed by atoms with Gasteiger partial charge in [-0.15, -0.1) is 0 Å². The highest BCUT2D eigenvalue weighted by molar-refractivity contribution is 5.97. The number of hydrogen-bond donors (Lipinski definition) is 3. The van der Waals surface area contributed by atoms with E-state index in [1.807, 2.05) is 18.2 Å². The number of aliphatic hydroxyl groups is 1. The van der Waals surface area contributed by atoms with Crippen LogP contribution in [0.5, 0.6) is 5.75 Å². The van der Waals surface area contributed by atoms with Gasteiger partial charge in [-0.05, 0) is 23.8 Å². The second-order valence-corrected chi connectivity index (χ2v) is 4.60. The van der Waals surface area contributed by atoms with E-state index in [-0.39, 0.29) is 12.5 Å². The van der Waals surface area contributed by atoms with Crippen molar-refractivity contribution in [2.45, 2.75) is 6.10 Å². The van der Waals surface area contributed by atoms with Crippen LogP contribution >= 0.6 is 0 Å². The normalized spacial score (nSPS) is 11.7. The average Bonchev–Trinajstić information content (AvgIpc) is 2.53. The quantitative estimate of drug-likeness (QED) is 0.731. The molecule has 1 atom stereocenters. The van der Waals surface area contributed by atoms with Gasteiger partial charge < -0.3 is 20.9 Å². The molecular weight excluding hydrogens is 268 g/mol. The summed E-state index contributed by atoms with van der Waals surface area (Å²) in [5.74, 6) is 0.102. The Kier molecular flexibility index (Phi) is 4.79. The maximum Gasteiger partial charge on any atom is 0.255 e. The molecule has 2 rings (SSSR count). The van der Waals surface area contributed by atoms with Gasteiger partial charge in [-0.3, -0.25) is 4.79 Å². The smallest absolute Gasteiger partial charge is 0.255 e. The van der Waals surface area contributed by atoms with Crippen molar-refractivity contribution in [2.75, 3.05) is 19.4 Å². The van der Waals surface area contributed by atoms with E-state index in [0.717, 1.165) is 5.56 Å². The number of rotatable bonds is 5. The fraction of sp³-hybridized carbons (Fsp3) is 0.188. The van der Waals surface area contributed by atoms with Crippen molar-refractivity contribution < 1.29 is 14.6 Å². The van der Waals surface area contributed by atoms with Crippen molar-refractivity contribution in [1.82, 2.24) is 5.32 Å². The Balaban J connectivity index is 2.04. The average molecular weight is 286 g/mol. The highest BCUT2D eigenvalue weighted by Gasteiger charge is 2.14. The molecule has 4 N–H and O–H groups in total. The lowest BCUT2D eigenvalue weighted by Crippen LogP contribution is -2.28. The molecule has 5 heteroatoms. The topological polar surface area (TPSA) is 84.6 Å². The molecule has 0 aliphatic heterocycles. The van der Waals surface area contributed by atoms with Crippen LogP contribution in [0.1, 0.15) is 22.0 Å². The van der Waals surface area contributed by atoms with Crippen LogP contribution in [-0.2, 0) is 0 Å². The summed E-state index contributed by atoms with van der Waals surface area (Å²) in [6, 6.07) is 14.0. The van der Waals surface area contributed by atoms with E-state index in [2.05, 4.69) is 5.32 Å². The van der Waals surface area contributed by atoms with E-state index in [4.69, 9.17) is 10.5 Å². The van der Waals surface area contributed by atoms with Crippen LogP contribution in [0.25, 0.3) is 0 Å². The standard InChI is InChI=1S/C16H18N2O3/c1-21-15-8-7-12(17)9-13(15)16(20)18-10-14(19)11-5-3-2-4-6-11/h2-9,14,19H,10,17H2,1H3,(H,18,20). The Morgan fingerprint density at radius 3 is 2.67 bits per heavy atom. The summed E-state index contributed by atoms with van der Waals surface area (Å²) < 4.78 is 5.13. The van der Waals surface area contributed by atoms with Crippen LogP contribution in [0, 0.1) is 0 Å². The third kappa shape index (κ3) is 3.73. The number of ether oxygens (including phenoxy) is 1. The number of nitrogens with two attached hydrogens (primary N) is 1. The number of carbonyl (C=O) groups is 1. The van der Waals surface area contributed by atoms with Crippen LogP contribution < -0.4 is 15.8 Å². The van der Waals surface area contributed by atoms with E-state index in [9.17, 15) is 9.90 Å². The summed E-state index contributed by atoms with van der Waals surface area (Å²) in [5.41, 5.74) is 7.25. The lowest BCUT2D eigenvalue weighted by atomic mass is 10.1. The number of aliphatic hydroxyl groups excluding tert-OH is 1. The van der Waals surface area contributed by atoms with Gasteiger partial charge in [-0.2, -0.15) is 0 Å². The molecule has 0 aliphatic rings. The van der Waals surface area contributed by atoms with Gasteiger partial charge in [0.25, 0.3) is 5.91 Å². The van der Waals surface area contributed by atoms with Crippen molar-refractivity contribution in [3.05, 3.63) is 59.7 Å². The first kappa shape index (κ1) is 14.9. The van der Waals surface area contributed by atoms with Gasteiger partial charge in [0, 0.05) is 12.2 Å². The first-order valence-electron chi connectivity index (χ1n) is 6.56. The largest absolute Gasteiger partial charge is 0.496 e. The van der Waals surface area contributed by atoms with E-state index in [1.165, 1.54) is 7.11 Å². The van der Waals surface area contributed by atoms with Crippen LogP contribution in [0.15, 0.2) is 48.5 Å². The molecule has 0 heterocycles. The summed E-state index contributed by atoms with van der Waals surface area (Å²) in [6.45, 7) is 0.112. The number of methoxy groups -OCH3 is 1. The van der Waals surface area contributed by atoms with Gasteiger partial charge in [-0.1, -0.05) is 30.3 Å². The number of nitrogens with one attached hydrogen (secondary N) is 1. The molecule has 21 heavy (non-hydrogen) atoms. The van der Waals surface area contributed by atoms with Crippen molar-refractivity contribution in [1.29, 1.82) is 0 Å². The van der Waals surface area contributed by atoms with E-state index in [1.54, 1.807) is 30.3 Å². The summed E-state index contributed by atoms with van der Waals surface area (Å²) >= 11 is 0. The van der Waals surface area contributed by atoms with Gasteiger partial charge >= 0.3 is 0 Å². The summed E-state index contributed by atoms with van der Waals surface area (Å²) in [6.07, 6.45) is -0.762. The number of carbonyl (C=O) groups excluding carboxylic acids is 1. The zero-order valence-corrected chi connectivity index (χ0v) is 11.7. The van der Waals surface area contributed by atoms with Gasteiger partial charge in [0.05, 0.1) is 18.8 Å². The molecule has 0 spiro atoms. The fourth-order valence-corrected chi connectivity index (χ4v) is 1.98. The fourth-order valence-electron chi connectivity index (χ4n) is 1.98. The number of hydrogen-bond acceptors (Lipinski definition) is 4. The predicted octanol–water partition coefficient (Wildman–Crippen LogP) is 1.74. The molecule has 0 saturated heterocycles. The molecule has 0 aliphatic carbocycles. The molecule has 0 saturated carbocycles. The summed E-state index contributed by atoms with van der Waals surface area (Å²) in [7, 11) is 1.49. The highest BCUT2D eigenvalue weighted by atomic mass is 16.5. The van der Waals surface area contributed by atoms with Crippen LogP contribution in [0.3, 0.4) is 0 Å². The van der Waals surface area contributed by atoms with Crippen molar-refractivity contribution in [2.24, 2.45) is 0 Å². The molecule has 1 unspecified atom stereocenters. The van der Waals surface area contributed by atoms with E-state index >= 15 is 0 Å². The third-order valence-corrected chi connectivity index (χ3v) is 3.11. The lowest BCUT2D eigenvalue weighted by molar-refractivity contribution is 0.0913. The Labute approximate surface area is 123 Å². The molecule has 0 radical (unpaired) electrons. The first-order valence-corrected chi connectivity index (χ1v) is 6.56. The number of benzene rings is 2. The van der Waals surface area contributed by atoms with Crippen LogP contribution in [0.2, 0.25) is 0 Å². The monoisotopic (exact) mass is 286 g/mol.